The van der Waals surface area contributed by atoms with Crippen LogP contribution in [0.3, 0.4) is 0 Å². The van der Waals surface area contributed by atoms with Crippen LogP contribution < -0.4 is 5.06 Å². The standard InChI is InChI=1S/C10H12N2O/c1-8-4-3-5-10(6-8)12(13)9(2)7-11/h3-6,9,13H,1-2H3. The highest BCUT2D eigenvalue weighted by Crippen LogP contribution is 2.15. The first-order valence-electron chi connectivity index (χ1n) is 4.09. The summed E-state index contributed by atoms with van der Waals surface area (Å²) < 4.78 is 0. The van der Waals surface area contributed by atoms with Crippen LogP contribution in [0.25, 0.3) is 0 Å². The molecule has 1 rings (SSSR count). The molecule has 3 heteroatoms. The summed E-state index contributed by atoms with van der Waals surface area (Å²) in [6, 6.07) is 8.81. The molecule has 0 radical (unpaired) electrons. The summed E-state index contributed by atoms with van der Waals surface area (Å²) in [6.07, 6.45) is 0. The number of hydroxylamine groups is 1. The lowest BCUT2D eigenvalue weighted by Crippen LogP contribution is -2.27. The summed E-state index contributed by atoms with van der Waals surface area (Å²) >= 11 is 0. The van der Waals surface area contributed by atoms with Crippen LogP contribution in [0.5, 0.6) is 0 Å². The Kier molecular flexibility index (Phi) is 2.88. The van der Waals surface area contributed by atoms with Gasteiger partial charge in [-0.2, -0.15) is 5.26 Å². The van der Waals surface area contributed by atoms with Crippen LogP contribution >= 0.6 is 0 Å². The normalized spacial score (nSPS) is 11.8. The number of benzene rings is 1. The lowest BCUT2D eigenvalue weighted by atomic mass is 10.2. The summed E-state index contributed by atoms with van der Waals surface area (Å²) in [6.45, 7) is 3.58. The Hall–Kier alpha value is -1.53. The van der Waals surface area contributed by atoms with Gasteiger partial charge < -0.3 is 0 Å². The molecule has 3 nitrogen and oxygen atoms in total. The summed E-state index contributed by atoms with van der Waals surface area (Å²) in [5.74, 6) is 0. The van der Waals surface area contributed by atoms with E-state index in [4.69, 9.17) is 5.26 Å². The van der Waals surface area contributed by atoms with E-state index in [9.17, 15) is 5.21 Å². The van der Waals surface area contributed by atoms with Gasteiger partial charge in [0.1, 0.15) is 6.04 Å². The van der Waals surface area contributed by atoms with Crippen molar-refractivity contribution in [2.24, 2.45) is 0 Å². The van der Waals surface area contributed by atoms with Crippen molar-refractivity contribution in [3.05, 3.63) is 29.8 Å². The Balaban J connectivity index is 2.90. The molecule has 1 N–H and O–H groups in total. The summed E-state index contributed by atoms with van der Waals surface area (Å²) in [4.78, 5) is 0. The van der Waals surface area contributed by atoms with Gasteiger partial charge in [0.25, 0.3) is 0 Å². The minimum Gasteiger partial charge on any atom is -0.287 e. The zero-order chi connectivity index (χ0) is 9.84. The number of hydrogen-bond donors (Lipinski definition) is 1. The van der Waals surface area contributed by atoms with Gasteiger partial charge in [0, 0.05) is 0 Å². The second kappa shape index (κ2) is 3.92. The fourth-order valence-electron chi connectivity index (χ4n) is 1.05. The van der Waals surface area contributed by atoms with Crippen molar-refractivity contribution in [3.63, 3.8) is 0 Å². The highest BCUT2D eigenvalue weighted by molar-refractivity contribution is 5.47. The molecule has 0 bridgehead atoms. The third-order valence-corrected chi connectivity index (χ3v) is 1.82. The van der Waals surface area contributed by atoms with Crippen molar-refractivity contribution in [2.45, 2.75) is 19.9 Å². The Morgan fingerprint density at radius 3 is 2.77 bits per heavy atom. The van der Waals surface area contributed by atoms with E-state index in [0.29, 0.717) is 5.69 Å². The van der Waals surface area contributed by atoms with Gasteiger partial charge in [-0.1, -0.05) is 12.1 Å². The molecule has 0 saturated carbocycles. The van der Waals surface area contributed by atoms with Gasteiger partial charge in [-0.3, -0.25) is 5.21 Å². The second-order valence-corrected chi connectivity index (χ2v) is 2.99. The zero-order valence-electron chi connectivity index (χ0n) is 7.73. The smallest absolute Gasteiger partial charge is 0.140 e. The van der Waals surface area contributed by atoms with E-state index >= 15 is 0 Å². The first-order valence-corrected chi connectivity index (χ1v) is 4.09. The van der Waals surface area contributed by atoms with Crippen LogP contribution in [0.15, 0.2) is 24.3 Å². The Morgan fingerprint density at radius 2 is 2.23 bits per heavy atom. The first kappa shape index (κ1) is 9.56. The predicted octanol–water partition coefficient (Wildman–Crippen LogP) is 2.10. The van der Waals surface area contributed by atoms with Gasteiger partial charge in [-0.25, -0.2) is 5.06 Å². The molecule has 0 saturated heterocycles. The van der Waals surface area contributed by atoms with E-state index in [-0.39, 0.29) is 0 Å². The first-order chi connectivity index (χ1) is 6.15. The second-order valence-electron chi connectivity index (χ2n) is 2.99. The number of rotatable bonds is 2. The SMILES string of the molecule is Cc1cccc(N(O)C(C)C#N)c1. The lowest BCUT2D eigenvalue weighted by Gasteiger charge is -2.19. The molecule has 0 spiro atoms. The average Bonchev–Trinajstić information content (AvgIpc) is 2.15. The molecule has 1 aromatic carbocycles. The fraction of sp³-hybridized carbons (Fsp3) is 0.300. The van der Waals surface area contributed by atoms with Crippen molar-refractivity contribution in [1.82, 2.24) is 0 Å². The highest BCUT2D eigenvalue weighted by Gasteiger charge is 2.10. The molecule has 68 valence electrons. The third kappa shape index (κ3) is 2.20. The molecular formula is C10H12N2O. The van der Waals surface area contributed by atoms with E-state index < -0.39 is 6.04 Å². The maximum Gasteiger partial charge on any atom is 0.140 e. The molecule has 0 aliphatic heterocycles. The molecule has 0 heterocycles. The average molecular weight is 176 g/mol. The van der Waals surface area contributed by atoms with Gasteiger partial charge in [-0.15, -0.1) is 0 Å². The maximum absolute atomic E-state index is 9.52. The number of nitriles is 1. The lowest BCUT2D eigenvalue weighted by molar-refractivity contribution is 0.240. The van der Waals surface area contributed by atoms with Crippen LogP contribution in [0.4, 0.5) is 5.69 Å². The van der Waals surface area contributed by atoms with Crippen LogP contribution in [0.2, 0.25) is 0 Å². The molecule has 0 aromatic heterocycles. The number of anilines is 1. The van der Waals surface area contributed by atoms with E-state index in [1.165, 1.54) is 0 Å². The van der Waals surface area contributed by atoms with Crippen LogP contribution in [-0.4, -0.2) is 11.2 Å². The van der Waals surface area contributed by atoms with Gasteiger partial charge in [0.2, 0.25) is 0 Å². The summed E-state index contributed by atoms with van der Waals surface area (Å²) in [7, 11) is 0. The minimum absolute atomic E-state index is 0.526. The molecule has 0 fully saturated rings. The van der Waals surface area contributed by atoms with Crippen LogP contribution in [-0.2, 0) is 0 Å². The quantitative estimate of drug-likeness (QED) is 0.702. The molecule has 1 unspecified atom stereocenters. The molecule has 0 aliphatic carbocycles. The molecule has 0 aliphatic rings. The fourth-order valence-corrected chi connectivity index (χ4v) is 1.05. The van der Waals surface area contributed by atoms with E-state index in [2.05, 4.69) is 0 Å². The van der Waals surface area contributed by atoms with Gasteiger partial charge >= 0.3 is 0 Å². The van der Waals surface area contributed by atoms with E-state index in [1.54, 1.807) is 13.0 Å². The van der Waals surface area contributed by atoms with Crippen molar-refractivity contribution >= 4 is 5.69 Å². The molecular weight excluding hydrogens is 164 g/mol. The molecule has 1 atom stereocenters. The van der Waals surface area contributed by atoms with Crippen molar-refractivity contribution in [1.29, 1.82) is 5.26 Å². The number of hydrogen-bond acceptors (Lipinski definition) is 3. The van der Waals surface area contributed by atoms with Crippen molar-refractivity contribution < 1.29 is 5.21 Å². The van der Waals surface area contributed by atoms with E-state index in [1.807, 2.05) is 31.2 Å². The topological polar surface area (TPSA) is 47.3 Å². The van der Waals surface area contributed by atoms with Crippen molar-refractivity contribution in [3.8, 4) is 6.07 Å². The monoisotopic (exact) mass is 176 g/mol. The maximum atomic E-state index is 9.52. The molecule has 1 aromatic rings. The minimum atomic E-state index is -0.526. The Labute approximate surface area is 77.8 Å². The molecule has 13 heavy (non-hydrogen) atoms. The summed E-state index contributed by atoms with van der Waals surface area (Å²) in [5, 5.41) is 19.1. The number of nitrogens with zero attached hydrogens (tertiary/aromatic N) is 2. The highest BCUT2D eigenvalue weighted by atomic mass is 16.5. The van der Waals surface area contributed by atoms with Crippen LogP contribution in [0, 0.1) is 18.3 Å². The van der Waals surface area contributed by atoms with Crippen LogP contribution in [0.1, 0.15) is 12.5 Å². The van der Waals surface area contributed by atoms with Crippen molar-refractivity contribution in [2.75, 3.05) is 5.06 Å². The third-order valence-electron chi connectivity index (χ3n) is 1.82. The summed E-state index contributed by atoms with van der Waals surface area (Å²) in [5.41, 5.74) is 1.70. The van der Waals surface area contributed by atoms with Gasteiger partial charge in [0.15, 0.2) is 0 Å². The van der Waals surface area contributed by atoms with Gasteiger partial charge in [0.05, 0.1) is 11.8 Å². The number of aryl methyl sites for hydroxylation is 1. The van der Waals surface area contributed by atoms with Gasteiger partial charge in [-0.05, 0) is 31.5 Å². The Bertz CT molecular complexity index is 330. The Morgan fingerprint density at radius 1 is 1.54 bits per heavy atom. The zero-order valence-corrected chi connectivity index (χ0v) is 7.73. The largest absolute Gasteiger partial charge is 0.287 e. The molecule has 0 amide bonds. The predicted molar refractivity (Wildman–Crippen MR) is 50.5 cm³/mol. The van der Waals surface area contributed by atoms with E-state index in [0.717, 1.165) is 10.6 Å².